The predicted molar refractivity (Wildman–Crippen MR) is 91.1 cm³/mol. The van der Waals surface area contributed by atoms with Crippen molar-refractivity contribution < 1.29 is 14.3 Å². The number of hydrogen-bond acceptors (Lipinski definition) is 4. The maximum atomic E-state index is 12.1. The molecule has 1 heterocycles. The van der Waals surface area contributed by atoms with E-state index in [2.05, 4.69) is 5.32 Å². The zero-order valence-electron chi connectivity index (χ0n) is 13.9. The minimum Gasteiger partial charge on any atom is -0.459 e. The van der Waals surface area contributed by atoms with Crippen LogP contribution in [0.1, 0.15) is 29.8 Å². The smallest absolute Gasteiger partial charge is 0.338 e. The third kappa shape index (κ3) is 4.55. The molecule has 1 aromatic heterocycles. The fourth-order valence-electron chi connectivity index (χ4n) is 2.14. The highest BCUT2D eigenvalue weighted by molar-refractivity contribution is 5.94. The van der Waals surface area contributed by atoms with E-state index in [0.29, 0.717) is 16.8 Å². The molecule has 0 radical (unpaired) electrons. The number of amides is 1. The van der Waals surface area contributed by atoms with Gasteiger partial charge in [-0.2, -0.15) is 0 Å². The zero-order valence-corrected chi connectivity index (χ0v) is 13.9. The van der Waals surface area contributed by atoms with Gasteiger partial charge in [0.05, 0.1) is 11.7 Å². The van der Waals surface area contributed by atoms with Crippen molar-refractivity contribution in [3.8, 4) is 0 Å². The van der Waals surface area contributed by atoms with Gasteiger partial charge < -0.3 is 14.6 Å². The summed E-state index contributed by atoms with van der Waals surface area (Å²) in [4.78, 5) is 35.9. The molecular weight excluding hydrogens is 308 g/mol. The first kappa shape index (κ1) is 17.5. The fraction of sp³-hybridized carbons (Fsp3) is 0.278. The molecule has 0 unspecified atom stereocenters. The molecule has 0 fully saturated rings. The highest BCUT2D eigenvalue weighted by atomic mass is 16.5. The predicted octanol–water partition coefficient (Wildman–Crippen LogP) is 2.36. The molecule has 1 aromatic carbocycles. The van der Waals surface area contributed by atoms with Crippen molar-refractivity contribution in [2.75, 3.05) is 5.32 Å². The molecule has 6 nitrogen and oxygen atoms in total. The quantitative estimate of drug-likeness (QED) is 0.855. The van der Waals surface area contributed by atoms with E-state index in [1.54, 1.807) is 63.4 Å². The van der Waals surface area contributed by atoms with Gasteiger partial charge in [-0.15, -0.1) is 0 Å². The van der Waals surface area contributed by atoms with Crippen LogP contribution >= 0.6 is 0 Å². The first-order valence-electron chi connectivity index (χ1n) is 7.64. The maximum absolute atomic E-state index is 12.1. The number of nitrogens with one attached hydrogen (secondary N) is 1. The van der Waals surface area contributed by atoms with E-state index in [1.165, 1.54) is 4.57 Å². The van der Waals surface area contributed by atoms with Crippen LogP contribution in [0.2, 0.25) is 0 Å². The summed E-state index contributed by atoms with van der Waals surface area (Å²) in [6.45, 7) is 5.13. The fourth-order valence-corrected chi connectivity index (χ4v) is 2.14. The van der Waals surface area contributed by atoms with Crippen LogP contribution in [0.25, 0.3) is 0 Å². The second kappa shape index (κ2) is 7.59. The summed E-state index contributed by atoms with van der Waals surface area (Å²) in [5.41, 5.74) is 1.19. The largest absolute Gasteiger partial charge is 0.459 e. The van der Waals surface area contributed by atoms with Crippen molar-refractivity contribution in [1.82, 2.24) is 4.57 Å². The highest BCUT2D eigenvalue weighted by Gasteiger charge is 2.11. The Bertz CT molecular complexity index is 809. The number of ether oxygens (including phenoxy) is 1. The Labute approximate surface area is 140 Å². The van der Waals surface area contributed by atoms with Crippen LogP contribution in [0.5, 0.6) is 0 Å². The van der Waals surface area contributed by atoms with Crippen LogP contribution in [-0.4, -0.2) is 22.5 Å². The molecular formula is C18H20N2O4. The van der Waals surface area contributed by atoms with Gasteiger partial charge in [0.2, 0.25) is 5.91 Å². The van der Waals surface area contributed by atoms with Gasteiger partial charge in [0, 0.05) is 17.4 Å². The van der Waals surface area contributed by atoms with Gasteiger partial charge in [-0.1, -0.05) is 12.1 Å². The number of benzene rings is 1. The molecule has 24 heavy (non-hydrogen) atoms. The third-order valence-electron chi connectivity index (χ3n) is 3.25. The number of rotatable bonds is 5. The molecule has 6 heteroatoms. The van der Waals surface area contributed by atoms with Crippen molar-refractivity contribution in [2.24, 2.45) is 0 Å². The summed E-state index contributed by atoms with van der Waals surface area (Å²) >= 11 is 0. The minimum absolute atomic E-state index is 0.0961. The topological polar surface area (TPSA) is 77.4 Å². The molecule has 0 spiro atoms. The van der Waals surface area contributed by atoms with Crippen LogP contribution in [-0.2, 0) is 16.1 Å². The van der Waals surface area contributed by atoms with Crippen molar-refractivity contribution in [2.45, 2.75) is 33.4 Å². The molecule has 0 aliphatic rings. The maximum Gasteiger partial charge on any atom is 0.338 e. The van der Waals surface area contributed by atoms with Crippen LogP contribution in [0.3, 0.4) is 0 Å². The minimum atomic E-state index is -0.448. The van der Waals surface area contributed by atoms with Gasteiger partial charge in [-0.05, 0) is 45.0 Å². The number of carbonyl (C=O) groups excluding carboxylic acids is 2. The summed E-state index contributed by atoms with van der Waals surface area (Å²) in [5, 5.41) is 2.68. The van der Waals surface area contributed by atoms with E-state index in [4.69, 9.17) is 4.74 Å². The Kier molecular flexibility index (Phi) is 5.52. The molecule has 0 aliphatic carbocycles. The van der Waals surface area contributed by atoms with E-state index >= 15 is 0 Å². The summed E-state index contributed by atoms with van der Waals surface area (Å²) in [7, 11) is 0. The lowest BCUT2D eigenvalue weighted by molar-refractivity contribution is -0.116. The summed E-state index contributed by atoms with van der Waals surface area (Å²) in [5.74, 6) is -0.798. The molecule has 0 atom stereocenters. The summed E-state index contributed by atoms with van der Waals surface area (Å²) in [6.07, 6.45) is 1.34. The van der Waals surface area contributed by atoms with Crippen LogP contribution in [0.4, 0.5) is 5.69 Å². The van der Waals surface area contributed by atoms with Crippen LogP contribution in [0.15, 0.2) is 47.4 Å². The molecule has 0 bridgehead atoms. The second-order valence-corrected chi connectivity index (χ2v) is 5.71. The molecule has 0 saturated heterocycles. The number of esters is 1. The summed E-state index contributed by atoms with van der Waals surface area (Å²) in [6, 6.07) is 9.90. The standard InChI is InChI=1S/C18H20N2O4/c1-12(2)24-18(23)14-7-4-8-15(10-14)19-16(21)11-20-9-5-6-13(3)17(20)22/h4-10,12H,11H2,1-3H3,(H,19,21). The Hall–Kier alpha value is -2.89. The summed E-state index contributed by atoms with van der Waals surface area (Å²) < 4.78 is 6.46. The normalized spacial score (nSPS) is 10.5. The Balaban J connectivity index is 2.08. The lowest BCUT2D eigenvalue weighted by Gasteiger charge is -2.10. The number of carbonyl (C=O) groups is 2. The molecule has 1 amide bonds. The highest BCUT2D eigenvalue weighted by Crippen LogP contribution is 2.12. The van der Waals surface area contributed by atoms with Gasteiger partial charge >= 0.3 is 5.97 Å². The van der Waals surface area contributed by atoms with Crippen LogP contribution in [0, 0.1) is 6.92 Å². The number of anilines is 1. The zero-order chi connectivity index (χ0) is 17.7. The second-order valence-electron chi connectivity index (χ2n) is 5.71. The van der Waals surface area contributed by atoms with Crippen molar-refractivity contribution in [3.63, 3.8) is 0 Å². The molecule has 0 saturated carbocycles. The first-order chi connectivity index (χ1) is 11.4. The lowest BCUT2D eigenvalue weighted by Crippen LogP contribution is -2.28. The Morgan fingerprint density at radius 2 is 1.96 bits per heavy atom. The van der Waals surface area contributed by atoms with E-state index in [0.717, 1.165) is 0 Å². The van der Waals surface area contributed by atoms with E-state index < -0.39 is 5.97 Å². The average molecular weight is 328 g/mol. The number of pyridine rings is 1. The number of aryl methyl sites for hydroxylation is 1. The monoisotopic (exact) mass is 328 g/mol. The van der Waals surface area contributed by atoms with Gasteiger partial charge in [0.15, 0.2) is 0 Å². The lowest BCUT2D eigenvalue weighted by atomic mass is 10.2. The van der Waals surface area contributed by atoms with Gasteiger partial charge in [-0.3, -0.25) is 9.59 Å². The van der Waals surface area contributed by atoms with Crippen molar-refractivity contribution >= 4 is 17.6 Å². The molecule has 2 rings (SSSR count). The van der Waals surface area contributed by atoms with Crippen LogP contribution < -0.4 is 10.9 Å². The van der Waals surface area contributed by atoms with E-state index in [9.17, 15) is 14.4 Å². The van der Waals surface area contributed by atoms with E-state index in [1.807, 2.05) is 0 Å². The first-order valence-corrected chi connectivity index (χ1v) is 7.64. The molecule has 126 valence electrons. The van der Waals surface area contributed by atoms with E-state index in [-0.39, 0.29) is 24.1 Å². The SMILES string of the molecule is Cc1cccn(CC(=O)Nc2cccc(C(=O)OC(C)C)c2)c1=O. The molecule has 2 aromatic rings. The molecule has 0 aliphatic heterocycles. The third-order valence-corrected chi connectivity index (χ3v) is 3.25. The van der Waals surface area contributed by atoms with Gasteiger partial charge in [-0.25, -0.2) is 4.79 Å². The van der Waals surface area contributed by atoms with Gasteiger partial charge in [0.25, 0.3) is 5.56 Å². The van der Waals surface area contributed by atoms with Gasteiger partial charge in [0.1, 0.15) is 6.54 Å². The average Bonchev–Trinajstić information content (AvgIpc) is 2.51. The molecule has 1 N–H and O–H groups in total. The number of nitrogens with zero attached hydrogens (tertiary/aromatic N) is 1. The Morgan fingerprint density at radius 3 is 2.67 bits per heavy atom. The van der Waals surface area contributed by atoms with Crippen molar-refractivity contribution in [1.29, 1.82) is 0 Å². The number of aromatic nitrogens is 1. The number of hydrogen-bond donors (Lipinski definition) is 1. The Morgan fingerprint density at radius 1 is 1.21 bits per heavy atom. The van der Waals surface area contributed by atoms with Crippen molar-refractivity contribution in [3.05, 3.63) is 64.1 Å².